The molecule has 0 bridgehead atoms. The molecule has 0 saturated heterocycles. The number of aromatic nitrogens is 1. The van der Waals surface area contributed by atoms with Crippen molar-refractivity contribution in [1.29, 1.82) is 0 Å². The van der Waals surface area contributed by atoms with E-state index < -0.39 is 0 Å². The third kappa shape index (κ3) is 3.17. The normalized spacial score (nSPS) is 10.3. The molecule has 3 nitrogen and oxygen atoms in total. The largest absolute Gasteiger partial charge is 0.331 e. The lowest BCUT2D eigenvalue weighted by Crippen LogP contribution is -2.06. The second-order valence-electron chi connectivity index (χ2n) is 4.67. The molecule has 0 aliphatic carbocycles. The Bertz CT molecular complexity index is 812. The molecule has 1 aromatic heterocycles. The van der Waals surface area contributed by atoms with Crippen LogP contribution >= 0.6 is 11.3 Å². The van der Waals surface area contributed by atoms with Gasteiger partial charge in [0.25, 0.3) is 5.56 Å². The summed E-state index contributed by atoms with van der Waals surface area (Å²) in [6.45, 7) is 2.02. The lowest BCUT2D eigenvalue weighted by atomic mass is 10.2. The van der Waals surface area contributed by atoms with E-state index in [1.54, 1.807) is 6.07 Å². The molecule has 0 atom stereocenters. The van der Waals surface area contributed by atoms with E-state index in [4.69, 9.17) is 0 Å². The molecule has 21 heavy (non-hydrogen) atoms. The van der Waals surface area contributed by atoms with Crippen molar-refractivity contribution in [3.63, 3.8) is 0 Å². The summed E-state index contributed by atoms with van der Waals surface area (Å²) in [5.41, 5.74) is 2.87. The van der Waals surface area contributed by atoms with Crippen molar-refractivity contribution in [2.45, 2.75) is 6.92 Å². The zero-order chi connectivity index (χ0) is 14.7. The van der Waals surface area contributed by atoms with Crippen LogP contribution in [0, 0.1) is 6.92 Å². The minimum Gasteiger partial charge on any atom is -0.331 e. The molecule has 0 saturated carbocycles. The molecule has 0 radical (unpaired) electrons. The molecule has 0 fully saturated rings. The van der Waals surface area contributed by atoms with Crippen molar-refractivity contribution >= 4 is 22.2 Å². The van der Waals surface area contributed by atoms with Crippen LogP contribution in [0.1, 0.15) is 5.56 Å². The van der Waals surface area contributed by atoms with Gasteiger partial charge in [0.1, 0.15) is 0 Å². The quantitative estimate of drug-likeness (QED) is 0.786. The number of nitrogens with zero attached hydrogens (tertiary/aromatic N) is 1. The van der Waals surface area contributed by atoms with Crippen LogP contribution in [0.5, 0.6) is 0 Å². The zero-order valence-electron chi connectivity index (χ0n) is 11.5. The molecule has 0 spiro atoms. The predicted octanol–water partition coefficient (Wildman–Crippen LogP) is 4.22. The standard InChI is InChI=1S/C17H14N2OS/c1-12-7-5-6-10-14(12)18-17-19-16(20)11-15(21-17)13-8-3-2-4-9-13/h2-11H,1H3,(H,18,19,20). The first-order valence-corrected chi connectivity index (χ1v) is 7.44. The summed E-state index contributed by atoms with van der Waals surface area (Å²) in [7, 11) is 0. The Kier molecular flexibility index (Phi) is 3.79. The Labute approximate surface area is 126 Å². The van der Waals surface area contributed by atoms with Gasteiger partial charge < -0.3 is 5.32 Å². The van der Waals surface area contributed by atoms with Crippen LogP contribution in [0.25, 0.3) is 10.4 Å². The Morgan fingerprint density at radius 1 is 1.00 bits per heavy atom. The number of rotatable bonds is 3. The smallest absolute Gasteiger partial charge is 0.273 e. The molecule has 0 amide bonds. The number of nitrogens with one attached hydrogen (secondary N) is 1. The van der Waals surface area contributed by atoms with Gasteiger partial charge in [0.2, 0.25) is 0 Å². The van der Waals surface area contributed by atoms with E-state index in [1.807, 2.05) is 61.5 Å². The topological polar surface area (TPSA) is 42.0 Å². The highest BCUT2D eigenvalue weighted by Gasteiger charge is 2.05. The Morgan fingerprint density at radius 3 is 2.48 bits per heavy atom. The van der Waals surface area contributed by atoms with Gasteiger partial charge in [-0.2, -0.15) is 4.98 Å². The molecule has 1 N–H and O–H groups in total. The van der Waals surface area contributed by atoms with Crippen molar-refractivity contribution in [3.8, 4) is 10.4 Å². The highest BCUT2D eigenvalue weighted by atomic mass is 32.1. The molecule has 2 aromatic carbocycles. The molecule has 1 heterocycles. The van der Waals surface area contributed by atoms with Crippen LogP contribution in [0.15, 0.2) is 65.5 Å². The number of benzene rings is 2. The molecule has 4 heteroatoms. The van der Waals surface area contributed by atoms with Gasteiger partial charge in [0.15, 0.2) is 5.13 Å². The predicted molar refractivity (Wildman–Crippen MR) is 88.3 cm³/mol. The van der Waals surface area contributed by atoms with Crippen LogP contribution in [0.3, 0.4) is 0 Å². The van der Waals surface area contributed by atoms with Crippen molar-refractivity contribution in [3.05, 3.63) is 76.6 Å². The zero-order valence-corrected chi connectivity index (χ0v) is 12.4. The van der Waals surface area contributed by atoms with Crippen LogP contribution in [0.2, 0.25) is 0 Å². The fraction of sp³-hybridized carbons (Fsp3) is 0.0588. The van der Waals surface area contributed by atoms with E-state index >= 15 is 0 Å². The average molecular weight is 294 g/mol. The van der Waals surface area contributed by atoms with Crippen molar-refractivity contribution in [1.82, 2.24) is 4.98 Å². The van der Waals surface area contributed by atoms with Crippen LogP contribution in [-0.2, 0) is 0 Å². The maximum atomic E-state index is 11.8. The molecule has 0 aliphatic rings. The van der Waals surface area contributed by atoms with E-state index in [0.717, 1.165) is 21.7 Å². The van der Waals surface area contributed by atoms with Gasteiger partial charge in [0.05, 0.1) is 0 Å². The molecular formula is C17H14N2OS. The van der Waals surface area contributed by atoms with Crippen LogP contribution < -0.4 is 10.9 Å². The summed E-state index contributed by atoms with van der Waals surface area (Å²) in [5.74, 6) is 0. The summed E-state index contributed by atoms with van der Waals surface area (Å²) >= 11 is 1.47. The average Bonchev–Trinajstić information content (AvgIpc) is 2.50. The molecule has 104 valence electrons. The third-order valence-corrected chi connectivity index (χ3v) is 4.08. The van der Waals surface area contributed by atoms with Gasteiger partial charge in [-0.1, -0.05) is 59.9 Å². The number of anilines is 2. The van der Waals surface area contributed by atoms with E-state index in [1.165, 1.54) is 11.3 Å². The Balaban J connectivity index is 1.99. The first kappa shape index (κ1) is 13.5. The van der Waals surface area contributed by atoms with E-state index in [9.17, 15) is 4.79 Å². The second kappa shape index (κ2) is 5.89. The van der Waals surface area contributed by atoms with Crippen molar-refractivity contribution in [2.24, 2.45) is 0 Å². The second-order valence-corrected chi connectivity index (χ2v) is 5.70. The molecule has 3 aromatic rings. The molecular weight excluding hydrogens is 280 g/mol. The minimum absolute atomic E-state index is 0.233. The van der Waals surface area contributed by atoms with Crippen molar-refractivity contribution in [2.75, 3.05) is 5.32 Å². The van der Waals surface area contributed by atoms with Gasteiger partial charge in [-0.15, -0.1) is 0 Å². The number of para-hydroxylation sites is 1. The highest BCUT2D eigenvalue weighted by molar-refractivity contribution is 7.18. The first-order chi connectivity index (χ1) is 10.2. The fourth-order valence-corrected chi connectivity index (χ4v) is 2.95. The van der Waals surface area contributed by atoms with E-state index in [-0.39, 0.29) is 5.56 Å². The summed E-state index contributed by atoms with van der Waals surface area (Å²) in [5, 5.41) is 3.84. The van der Waals surface area contributed by atoms with Crippen LogP contribution in [0.4, 0.5) is 10.8 Å². The van der Waals surface area contributed by atoms with Gasteiger partial charge >= 0.3 is 0 Å². The molecule has 0 aliphatic heterocycles. The monoisotopic (exact) mass is 294 g/mol. The van der Waals surface area contributed by atoms with Gasteiger partial charge in [0, 0.05) is 16.6 Å². The fourth-order valence-electron chi connectivity index (χ4n) is 2.03. The van der Waals surface area contributed by atoms with Crippen LogP contribution in [-0.4, -0.2) is 4.98 Å². The molecule has 0 unspecified atom stereocenters. The van der Waals surface area contributed by atoms with E-state index in [2.05, 4.69) is 10.3 Å². The maximum absolute atomic E-state index is 11.8. The summed E-state index contributed by atoms with van der Waals surface area (Å²) in [6, 6.07) is 19.4. The minimum atomic E-state index is -0.233. The summed E-state index contributed by atoms with van der Waals surface area (Å²) < 4.78 is 0. The SMILES string of the molecule is Cc1ccccc1Nc1nc(=O)cc(-c2ccccc2)s1. The number of hydrogen-bond donors (Lipinski definition) is 1. The highest BCUT2D eigenvalue weighted by Crippen LogP contribution is 2.28. The van der Waals surface area contributed by atoms with E-state index in [0.29, 0.717) is 5.13 Å². The van der Waals surface area contributed by atoms with Gasteiger partial charge in [-0.05, 0) is 24.1 Å². The Hall–Kier alpha value is -2.46. The molecule has 3 rings (SSSR count). The third-order valence-electron chi connectivity index (χ3n) is 3.12. The summed E-state index contributed by atoms with van der Waals surface area (Å²) in [4.78, 5) is 16.8. The van der Waals surface area contributed by atoms with Crippen molar-refractivity contribution < 1.29 is 0 Å². The summed E-state index contributed by atoms with van der Waals surface area (Å²) in [6.07, 6.45) is 0. The lowest BCUT2D eigenvalue weighted by molar-refractivity contribution is 1.27. The van der Waals surface area contributed by atoms with Gasteiger partial charge in [-0.25, -0.2) is 0 Å². The maximum Gasteiger partial charge on any atom is 0.273 e. The van der Waals surface area contributed by atoms with Gasteiger partial charge in [-0.3, -0.25) is 4.79 Å². The number of aryl methyl sites for hydroxylation is 1. The first-order valence-electron chi connectivity index (χ1n) is 6.62. The Morgan fingerprint density at radius 2 is 1.71 bits per heavy atom. The lowest BCUT2D eigenvalue weighted by Gasteiger charge is -2.08. The number of hydrogen-bond acceptors (Lipinski definition) is 4.